The SMILES string of the molecule is COc1ccc(O)c(CNc2cn(C)nc2C)c1. The van der Waals surface area contributed by atoms with Crippen molar-refractivity contribution in [1.29, 1.82) is 0 Å². The average Bonchev–Trinajstić information content (AvgIpc) is 2.67. The van der Waals surface area contributed by atoms with E-state index in [9.17, 15) is 5.11 Å². The molecule has 0 amide bonds. The third-order valence-corrected chi connectivity index (χ3v) is 2.77. The lowest BCUT2D eigenvalue weighted by atomic mass is 10.2. The molecule has 5 nitrogen and oxygen atoms in total. The molecule has 0 spiro atoms. The van der Waals surface area contributed by atoms with Crippen LogP contribution in [0.3, 0.4) is 0 Å². The highest BCUT2D eigenvalue weighted by Crippen LogP contribution is 2.24. The summed E-state index contributed by atoms with van der Waals surface area (Å²) >= 11 is 0. The van der Waals surface area contributed by atoms with Crippen molar-refractivity contribution in [2.24, 2.45) is 7.05 Å². The van der Waals surface area contributed by atoms with Gasteiger partial charge >= 0.3 is 0 Å². The molecule has 0 aliphatic rings. The molecule has 0 unspecified atom stereocenters. The van der Waals surface area contributed by atoms with Crippen molar-refractivity contribution in [3.8, 4) is 11.5 Å². The first-order chi connectivity index (χ1) is 8.60. The van der Waals surface area contributed by atoms with Gasteiger partial charge in [-0.05, 0) is 25.1 Å². The van der Waals surface area contributed by atoms with Crippen LogP contribution in [0.2, 0.25) is 0 Å². The Balaban J connectivity index is 2.12. The van der Waals surface area contributed by atoms with Gasteiger partial charge in [0.2, 0.25) is 0 Å². The zero-order chi connectivity index (χ0) is 13.1. The minimum absolute atomic E-state index is 0.254. The fourth-order valence-electron chi connectivity index (χ4n) is 1.79. The number of hydrogen-bond acceptors (Lipinski definition) is 4. The molecule has 0 aliphatic carbocycles. The molecule has 2 N–H and O–H groups in total. The molecule has 0 fully saturated rings. The molecule has 0 saturated carbocycles. The van der Waals surface area contributed by atoms with E-state index in [4.69, 9.17) is 4.74 Å². The number of rotatable bonds is 4. The van der Waals surface area contributed by atoms with Crippen LogP contribution < -0.4 is 10.1 Å². The van der Waals surface area contributed by atoms with Crippen LogP contribution in [0.1, 0.15) is 11.3 Å². The van der Waals surface area contributed by atoms with Crippen LogP contribution in [0.5, 0.6) is 11.5 Å². The minimum Gasteiger partial charge on any atom is -0.508 e. The first kappa shape index (κ1) is 12.3. The maximum Gasteiger partial charge on any atom is 0.120 e. The number of phenols is 1. The second-order valence-electron chi connectivity index (χ2n) is 4.15. The van der Waals surface area contributed by atoms with Crippen LogP contribution in [0.15, 0.2) is 24.4 Å². The van der Waals surface area contributed by atoms with Crippen LogP contribution in [0.25, 0.3) is 0 Å². The molecule has 96 valence electrons. The van der Waals surface area contributed by atoms with E-state index in [0.29, 0.717) is 6.54 Å². The Morgan fingerprint density at radius 1 is 1.44 bits per heavy atom. The van der Waals surface area contributed by atoms with E-state index in [0.717, 1.165) is 22.7 Å². The van der Waals surface area contributed by atoms with Gasteiger partial charge < -0.3 is 15.2 Å². The van der Waals surface area contributed by atoms with Gasteiger partial charge in [0.1, 0.15) is 11.5 Å². The Morgan fingerprint density at radius 2 is 2.22 bits per heavy atom. The summed E-state index contributed by atoms with van der Waals surface area (Å²) in [4.78, 5) is 0. The number of aromatic nitrogens is 2. The molecule has 1 aromatic heterocycles. The monoisotopic (exact) mass is 247 g/mol. The maximum absolute atomic E-state index is 9.77. The molecule has 1 aromatic carbocycles. The van der Waals surface area contributed by atoms with Gasteiger partial charge in [-0.1, -0.05) is 0 Å². The number of aromatic hydroxyl groups is 1. The summed E-state index contributed by atoms with van der Waals surface area (Å²) in [7, 11) is 3.48. The smallest absolute Gasteiger partial charge is 0.120 e. The number of nitrogens with one attached hydrogen (secondary N) is 1. The van der Waals surface area contributed by atoms with E-state index in [1.165, 1.54) is 0 Å². The van der Waals surface area contributed by atoms with Crippen molar-refractivity contribution in [2.75, 3.05) is 12.4 Å². The molecule has 1 heterocycles. The van der Waals surface area contributed by atoms with Gasteiger partial charge in [0.05, 0.1) is 18.5 Å². The number of benzene rings is 1. The largest absolute Gasteiger partial charge is 0.508 e. The fourth-order valence-corrected chi connectivity index (χ4v) is 1.79. The number of hydrogen-bond donors (Lipinski definition) is 2. The van der Waals surface area contributed by atoms with Crippen molar-refractivity contribution in [3.05, 3.63) is 35.7 Å². The lowest BCUT2D eigenvalue weighted by molar-refractivity contribution is 0.411. The summed E-state index contributed by atoms with van der Waals surface area (Å²) in [6.45, 7) is 2.46. The molecule has 18 heavy (non-hydrogen) atoms. The number of methoxy groups -OCH3 is 1. The lowest BCUT2D eigenvalue weighted by Gasteiger charge is -2.08. The Morgan fingerprint density at radius 3 is 2.83 bits per heavy atom. The van der Waals surface area contributed by atoms with E-state index >= 15 is 0 Å². The molecule has 5 heteroatoms. The third kappa shape index (κ3) is 2.56. The zero-order valence-corrected chi connectivity index (χ0v) is 10.8. The average molecular weight is 247 g/mol. The van der Waals surface area contributed by atoms with Crippen LogP contribution in [-0.2, 0) is 13.6 Å². The van der Waals surface area contributed by atoms with Crippen LogP contribution in [-0.4, -0.2) is 22.0 Å². The summed E-state index contributed by atoms with van der Waals surface area (Å²) in [5.74, 6) is 0.984. The Kier molecular flexibility index (Phi) is 3.41. The third-order valence-electron chi connectivity index (χ3n) is 2.77. The number of ether oxygens (including phenoxy) is 1. The second-order valence-corrected chi connectivity index (χ2v) is 4.15. The van der Waals surface area contributed by atoms with E-state index < -0.39 is 0 Å². The van der Waals surface area contributed by atoms with Gasteiger partial charge in [0, 0.05) is 25.4 Å². The highest BCUT2D eigenvalue weighted by atomic mass is 16.5. The fraction of sp³-hybridized carbons (Fsp3) is 0.308. The standard InChI is InChI=1S/C13H17N3O2/c1-9-12(8-16(2)15-9)14-7-10-6-11(18-3)4-5-13(10)17/h4-6,8,14,17H,7H2,1-3H3. The molecule has 0 radical (unpaired) electrons. The number of anilines is 1. The quantitative estimate of drug-likeness (QED) is 0.868. The van der Waals surface area contributed by atoms with Crippen molar-refractivity contribution >= 4 is 5.69 Å². The minimum atomic E-state index is 0.254. The van der Waals surface area contributed by atoms with E-state index in [-0.39, 0.29) is 5.75 Å². The Hall–Kier alpha value is -2.17. The molecule has 0 saturated heterocycles. The topological polar surface area (TPSA) is 59.3 Å². The van der Waals surface area contributed by atoms with Crippen molar-refractivity contribution in [2.45, 2.75) is 13.5 Å². The highest BCUT2D eigenvalue weighted by Gasteiger charge is 2.06. The molecular formula is C13H17N3O2. The molecule has 2 aromatic rings. The maximum atomic E-state index is 9.77. The van der Waals surface area contributed by atoms with Crippen LogP contribution in [0, 0.1) is 6.92 Å². The molecule has 0 aliphatic heterocycles. The predicted molar refractivity (Wildman–Crippen MR) is 69.9 cm³/mol. The number of phenolic OH excluding ortho intramolecular Hbond substituents is 1. The Labute approximate surface area is 106 Å². The number of aryl methyl sites for hydroxylation is 2. The highest BCUT2D eigenvalue weighted by molar-refractivity contribution is 5.48. The summed E-state index contributed by atoms with van der Waals surface area (Å²) in [6, 6.07) is 5.17. The molecular weight excluding hydrogens is 230 g/mol. The lowest BCUT2D eigenvalue weighted by Crippen LogP contribution is -2.00. The Bertz CT molecular complexity index is 549. The van der Waals surface area contributed by atoms with E-state index in [1.54, 1.807) is 23.9 Å². The van der Waals surface area contributed by atoms with Gasteiger partial charge in [-0.3, -0.25) is 4.68 Å². The molecule has 0 atom stereocenters. The van der Waals surface area contributed by atoms with E-state index in [2.05, 4.69) is 10.4 Å². The van der Waals surface area contributed by atoms with Crippen molar-refractivity contribution in [1.82, 2.24) is 9.78 Å². The molecule has 0 bridgehead atoms. The first-order valence-electron chi connectivity index (χ1n) is 5.70. The summed E-state index contributed by atoms with van der Waals surface area (Å²) < 4.78 is 6.89. The van der Waals surface area contributed by atoms with Crippen LogP contribution >= 0.6 is 0 Å². The van der Waals surface area contributed by atoms with Gasteiger partial charge in [0.25, 0.3) is 0 Å². The molecule has 2 rings (SSSR count). The van der Waals surface area contributed by atoms with Gasteiger partial charge in [-0.2, -0.15) is 5.10 Å². The van der Waals surface area contributed by atoms with Gasteiger partial charge in [0.15, 0.2) is 0 Å². The van der Waals surface area contributed by atoms with Crippen LogP contribution in [0.4, 0.5) is 5.69 Å². The zero-order valence-electron chi connectivity index (χ0n) is 10.8. The first-order valence-corrected chi connectivity index (χ1v) is 5.70. The second kappa shape index (κ2) is 5.00. The summed E-state index contributed by atoms with van der Waals surface area (Å²) in [6.07, 6.45) is 1.91. The normalized spacial score (nSPS) is 10.4. The van der Waals surface area contributed by atoms with Crippen molar-refractivity contribution in [3.63, 3.8) is 0 Å². The van der Waals surface area contributed by atoms with Gasteiger partial charge in [-0.25, -0.2) is 0 Å². The predicted octanol–water partition coefficient (Wildman–Crippen LogP) is 2.05. The van der Waals surface area contributed by atoms with E-state index in [1.807, 2.05) is 26.2 Å². The summed E-state index contributed by atoms with van der Waals surface area (Å²) in [5, 5.41) is 17.3. The van der Waals surface area contributed by atoms with Crippen molar-refractivity contribution < 1.29 is 9.84 Å². The summed E-state index contributed by atoms with van der Waals surface area (Å²) in [5.41, 5.74) is 2.68. The number of nitrogens with zero attached hydrogens (tertiary/aromatic N) is 2. The van der Waals surface area contributed by atoms with Gasteiger partial charge in [-0.15, -0.1) is 0 Å².